The molecule has 1 aromatic rings. The van der Waals surface area contributed by atoms with Crippen LogP contribution in [0.3, 0.4) is 0 Å². The van der Waals surface area contributed by atoms with E-state index >= 15 is 0 Å². The van der Waals surface area contributed by atoms with Gasteiger partial charge >= 0.3 is 5.97 Å². The van der Waals surface area contributed by atoms with Gasteiger partial charge in [0.25, 0.3) is 0 Å². The number of nitrogens with zero attached hydrogens (tertiary/aromatic N) is 1. The Bertz CT molecular complexity index is 394. The molecule has 0 fully saturated rings. The second-order valence-electron chi connectivity index (χ2n) is 4.92. The maximum Gasteiger partial charge on any atom is 0.350 e. The summed E-state index contributed by atoms with van der Waals surface area (Å²) in [6, 6.07) is 0. The van der Waals surface area contributed by atoms with Gasteiger partial charge < -0.3 is 10.5 Å². The summed E-state index contributed by atoms with van der Waals surface area (Å²) < 4.78 is 4.80. The number of hydrogen-bond donors (Lipinski definition) is 1. The number of aromatic nitrogens is 1. The topological polar surface area (TPSA) is 65.2 Å². The Morgan fingerprint density at radius 1 is 1.47 bits per heavy atom. The van der Waals surface area contributed by atoms with Crippen molar-refractivity contribution in [1.82, 2.24) is 4.98 Å². The summed E-state index contributed by atoms with van der Waals surface area (Å²) in [6.45, 7) is 6.77. The smallest absolute Gasteiger partial charge is 0.350 e. The van der Waals surface area contributed by atoms with Crippen LogP contribution in [-0.2, 0) is 16.6 Å². The van der Waals surface area contributed by atoms with E-state index in [1.165, 1.54) is 18.4 Å². The molecule has 0 aliphatic heterocycles. The molecule has 0 spiro atoms. The van der Waals surface area contributed by atoms with Gasteiger partial charge in [-0.1, -0.05) is 20.8 Å². The van der Waals surface area contributed by atoms with Gasteiger partial charge in [0.1, 0.15) is 4.88 Å². The summed E-state index contributed by atoms with van der Waals surface area (Å²) in [4.78, 5) is 16.9. The van der Waals surface area contributed by atoms with Gasteiger partial charge in [0.15, 0.2) is 0 Å². The van der Waals surface area contributed by atoms with Crippen LogP contribution in [0.2, 0.25) is 0 Å². The third kappa shape index (κ3) is 3.51. The van der Waals surface area contributed by atoms with E-state index in [0.717, 1.165) is 23.5 Å². The quantitative estimate of drug-likeness (QED) is 0.838. The van der Waals surface area contributed by atoms with Crippen molar-refractivity contribution in [3.05, 3.63) is 15.6 Å². The van der Waals surface area contributed by atoms with E-state index in [2.05, 4.69) is 4.98 Å². The lowest BCUT2D eigenvalue weighted by molar-refractivity contribution is 0.0603. The largest absolute Gasteiger partial charge is 0.465 e. The molecule has 0 unspecified atom stereocenters. The van der Waals surface area contributed by atoms with Crippen LogP contribution >= 0.6 is 11.3 Å². The molecule has 0 bridgehead atoms. The van der Waals surface area contributed by atoms with Gasteiger partial charge in [0.2, 0.25) is 0 Å². The molecule has 0 saturated heterocycles. The van der Waals surface area contributed by atoms with E-state index in [1.807, 2.05) is 20.8 Å². The van der Waals surface area contributed by atoms with Gasteiger partial charge in [-0.05, 0) is 13.0 Å². The Hall–Kier alpha value is -0.940. The average molecular weight is 256 g/mol. The fourth-order valence-electron chi connectivity index (χ4n) is 1.46. The minimum atomic E-state index is -0.300. The lowest BCUT2D eigenvalue weighted by Gasteiger charge is -2.16. The van der Waals surface area contributed by atoms with Gasteiger partial charge in [0, 0.05) is 11.8 Å². The van der Waals surface area contributed by atoms with E-state index in [1.54, 1.807) is 0 Å². The highest BCUT2D eigenvalue weighted by atomic mass is 32.1. The Morgan fingerprint density at radius 3 is 2.59 bits per heavy atom. The first-order valence-electron chi connectivity index (χ1n) is 5.68. The number of esters is 1. The Balaban J connectivity index is 3.08. The molecule has 5 heteroatoms. The molecule has 0 atom stereocenters. The molecule has 0 aromatic carbocycles. The monoisotopic (exact) mass is 256 g/mol. The SMILES string of the molecule is COC(=O)c1sc(CCCN)nc1C(C)(C)C. The molecule has 17 heavy (non-hydrogen) atoms. The maximum atomic E-state index is 11.7. The summed E-state index contributed by atoms with van der Waals surface area (Å²) in [5, 5.41) is 0.959. The number of rotatable bonds is 4. The lowest BCUT2D eigenvalue weighted by Crippen LogP contribution is -2.16. The number of aryl methyl sites for hydroxylation is 1. The number of thiazole rings is 1. The van der Waals surface area contributed by atoms with Crippen molar-refractivity contribution in [2.45, 2.75) is 39.0 Å². The van der Waals surface area contributed by atoms with Crippen molar-refractivity contribution >= 4 is 17.3 Å². The van der Waals surface area contributed by atoms with Gasteiger partial charge in [-0.25, -0.2) is 9.78 Å². The van der Waals surface area contributed by atoms with E-state index in [-0.39, 0.29) is 11.4 Å². The number of hydrogen-bond acceptors (Lipinski definition) is 5. The maximum absolute atomic E-state index is 11.7. The molecule has 2 N–H and O–H groups in total. The Kier molecular flexibility index (Phi) is 4.65. The number of carbonyl (C=O) groups excluding carboxylic acids is 1. The van der Waals surface area contributed by atoms with Crippen molar-refractivity contribution in [3.63, 3.8) is 0 Å². The van der Waals surface area contributed by atoms with Crippen LogP contribution in [0.4, 0.5) is 0 Å². The summed E-state index contributed by atoms with van der Waals surface area (Å²) >= 11 is 1.42. The zero-order chi connectivity index (χ0) is 13.1. The van der Waals surface area contributed by atoms with Crippen LogP contribution in [0, 0.1) is 0 Å². The molecule has 1 heterocycles. The standard InChI is InChI=1S/C12H20N2O2S/c1-12(2,3)10-9(11(15)16-4)17-8(14-10)6-5-7-13/h5-7,13H2,1-4H3. The van der Waals surface area contributed by atoms with Crippen molar-refractivity contribution in [1.29, 1.82) is 0 Å². The fraction of sp³-hybridized carbons (Fsp3) is 0.667. The molecule has 4 nitrogen and oxygen atoms in total. The third-order valence-electron chi connectivity index (χ3n) is 2.35. The molecule has 0 aliphatic carbocycles. The van der Waals surface area contributed by atoms with Crippen LogP contribution in [-0.4, -0.2) is 24.6 Å². The minimum Gasteiger partial charge on any atom is -0.465 e. The second kappa shape index (κ2) is 5.60. The first-order valence-corrected chi connectivity index (χ1v) is 6.50. The zero-order valence-electron chi connectivity index (χ0n) is 10.9. The molecular weight excluding hydrogens is 236 g/mol. The number of carbonyl (C=O) groups is 1. The van der Waals surface area contributed by atoms with E-state index in [4.69, 9.17) is 10.5 Å². The van der Waals surface area contributed by atoms with Crippen molar-refractivity contribution in [2.75, 3.05) is 13.7 Å². The summed E-state index contributed by atoms with van der Waals surface area (Å²) in [5.41, 5.74) is 6.15. The lowest BCUT2D eigenvalue weighted by atomic mass is 9.91. The molecule has 1 aromatic heterocycles. The number of methoxy groups -OCH3 is 1. The molecule has 96 valence electrons. The summed E-state index contributed by atoms with van der Waals surface area (Å²) in [7, 11) is 1.40. The van der Waals surface area contributed by atoms with Crippen molar-refractivity contribution < 1.29 is 9.53 Å². The van der Waals surface area contributed by atoms with Crippen LogP contribution in [0.15, 0.2) is 0 Å². The van der Waals surface area contributed by atoms with Crippen molar-refractivity contribution in [3.8, 4) is 0 Å². The van der Waals surface area contributed by atoms with Crippen LogP contribution < -0.4 is 5.73 Å². The van der Waals surface area contributed by atoms with E-state index in [9.17, 15) is 4.79 Å². The molecular formula is C12H20N2O2S. The normalized spacial score (nSPS) is 11.6. The van der Waals surface area contributed by atoms with Crippen LogP contribution in [0.1, 0.15) is 47.6 Å². The highest BCUT2D eigenvalue weighted by Crippen LogP contribution is 2.30. The van der Waals surface area contributed by atoms with Crippen molar-refractivity contribution in [2.24, 2.45) is 5.73 Å². The third-order valence-corrected chi connectivity index (χ3v) is 3.44. The van der Waals surface area contributed by atoms with Crippen LogP contribution in [0.5, 0.6) is 0 Å². The van der Waals surface area contributed by atoms with Gasteiger partial charge in [-0.3, -0.25) is 0 Å². The predicted octanol–water partition coefficient (Wildman–Crippen LogP) is 2.12. The molecule has 0 radical (unpaired) electrons. The fourth-order valence-corrected chi connectivity index (χ4v) is 2.70. The Labute approximate surface area is 106 Å². The van der Waals surface area contributed by atoms with Gasteiger partial charge in [-0.2, -0.15) is 0 Å². The molecule has 0 amide bonds. The van der Waals surface area contributed by atoms with Crippen LogP contribution in [0.25, 0.3) is 0 Å². The summed E-state index contributed by atoms with van der Waals surface area (Å²) in [6.07, 6.45) is 1.71. The van der Waals surface area contributed by atoms with E-state index < -0.39 is 0 Å². The van der Waals surface area contributed by atoms with E-state index in [0.29, 0.717) is 11.4 Å². The average Bonchev–Trinajstić information content (AvgIpc) is 2.69. The predicted molar refractivity (Wildman–Crippen MR) is 69.5 cm³/mol. The Morgan fingerprint density at radius 2 is 2.12 bits per heavy atom. The zero-order valence-corrected chi connectivity index (χ0v) is 11.7. The second-order valence-corrected chi connectivity index (χ2v) is 6.00. The van der Waals surface area contributed by atoms with Gasteiger partial charge in [-0.15, -0.1) is 11.3 Å². The molecule has 0 aliphatic rings. The first kappa shape index (κ1) is 14.1. The molecule has 0 saturated carbocycles. The molecule has 1 rings (SSSR count). The minimum absolute atomic E-state index is 0.152. The summed E-state index contributed by atoms with van der Waals surface area (Å²) in [5.74, 6) is -0.300. The number of ether oxygens (including phenoxy) is 1. The number of nitrogens with two attached hydrogens (primary N) is 1. The van der Waals surface area contributed by atoms with Gasteiger partial charge in [0.05, 0.1) is 17.8 Å². The first-order chi connectivity index (χ1) is 7.90. The highest BCUT2D eigenvalue weighted by molar-refractivity contribution is 7.13. The highest BCUT2D eigenvalue weighted by Gasteiger charge is 2.27.